The van der Waals surface area contributed by atoms with E-state index in [2.05, 4.69) is 57.5 Å². The maximum Gasteiger partial charge on any atom is 0.157 e. The Hall–Kier alpha value is -1.26. The summed E-state index contributed by atoms with van der Waals surface area (Å²) in [4.78, 5) is 4.58. The van der Waals surface area contributed by atoms with Crippen molar-refractivity contribution in [3.05, 3.63) is 58.3 Å². The quantitative estimate of drug-likeness (QED) is 0.927. The molecule has 1 unspecified atom stereocenters. The molecule has 0 aliphatic carbocycles. The fourth-order valence-electron chi connectivity index (χ4n) is 2.06. The first-order chi connectivity index (χ1) is 9.42. The van der Waals surface area contributed by atoms with Gasteiger partial charge in [0.2, 0.25) is 0 Å². The van der Waals surface area contributed by atoms with Gasteiger partial charge in [0.15, 0.2) is 5.17 Å². The van der Waals surface area contributed by atoms with Crippen LogP contribution in [0.25, 0.3) is 0 Å². The zero-order chi connectivity index (χ0) is 12.9. The second-order valence-electron chi connectivity index (χ2n) is 4.47. The van der Waals surface area contributed by atoms with E-state index >= 15 is 0 Å². The number of nitrogens with zero attached hydrogens (tertiary/aromatic N) is 1. The number of benzene rings is 1. The number of thioether (sulfide) groups is 1. The van der Waals surface area contributed by atoms with Crippen LogP contribution in [0.5, 0.6) is 0 Å². The van der Waals surface area contributed by atoms with Gasteiger partial charge < -0.3 is 5.32 Å². The van der Waals surface area contributed by atoms with Crippen molar-refractivity contribution in [2.24, 2.45) is 4.99 Å². The first-order valence-electron chi connectivity index (χ1n) is 6.43. The number of amidine groups is 1. The highest BCUT2D eigenvalue weighted by Crippen LogP contribution is 2.34. The lowest BCUT2D eigenvalue weighted by Crippen LogP contribution is -2.21. The fraction of sp³-hybridized carbons (Fsp3) is 0.267. The molecule has 1 aliphatic rings. The largest absolute Gasteiger partial charge is 0.365 e. The summed E-state index contributed by atoms with van der Waals surface area (Å²) in [6.45, 7) is 1.85. The molecular formula is C15H16N2S2. The lowest BCUT2D eigenvalue weighted by atomic mass is 10.1. The average molecular weight is 288 g/mol. The zero-order valence-corrected chi connectivity index (χ0v) is 12.2. The van der Waals surface area contributed by atoms with Crippen LogP contribution in [0.2, 0.25) is 0 Å². The van der Waals surface area contributed by atoms with Gasteiger partial charge in [-0.1, -0.05) is 42.1 Å². The van der Waals surface area contributed by atoms with E-state index in [1.54, 1.807) is 11.3 Å². The van der Waals surface area contributed by atoms with E-state index in [9.17, 15) is 0 Å². The Labute approximate surface area is 122 Å². The molecule has 98 valence electrons. The summed E-state index contributed by atoms with van der Waals surface area (Å²) < 4.78 is 0. The van der Waals surface area contributed by atoms with E-state index in [1.165, 1.54) is 11.1 Å². The molecule has 2 nitrogen and oxygen atoms in total. The van der Waals surface area contributed by atoms with Crippen molar-refractivity contribution in [2.75, 3.05) is 13.1 Å². The molecule has 1 aromatic heterocycles. The van der Waals surface area contributed by atoms with Crippen LogP contribution in [0, 0.1) is 0 Å². The highest BCUT2D eigenvalue weighted by Gasteiger charge is 2.20. The van der Waals surface area contributed by atoms with Crippen LogP contribution in [-0.2, 0) is 6.42 Å². The van der Waals surface area contributed by atoms with Crippen molar-refractivity contribution < 1.29 is 0 Å². The van der Waals surface area contributed by atoms with Gasteiger partial charge in [-0.2, -0.15) is 11.3 Å². The SMILES string of the molecule is c1ccc(C2CN=C(NCCc3ccsc3)S2)cc1. The number of nitrogens with one attached hydrogen (secondary N) is 1. The molecule has 0 bridgehead atoms. The maximum absolute atomic E-state index is 4.58. The molecule has 19 heavy (non-hydrogen) atoms. The molecule has 0 saturated carbocycles. The maximum atomic E-state index is 4.58. The Morgan fingerprint density at radius 2 is 2.11 bits per heavy atom. The third-order valence-electron chi connectivity index (χ3n) is 3.10. The van der Waals surface area contributed by atoms with Gasteiger partial charge in [0.05, 0.1) is 11.8 Å². The van der Waals surface area contributed by atoms with Crippen molar-refractivity contribution in [3.63, 3.8) is 0 Å². The molecule has 0 fully saturated rings. The first kappa shape index (κ1) is 12.8. The smallest absolute Gasteiger partial charge is 0.157 e. The minimum absolute atomic E-state index is 0.477. The molecule has 1 aromatic carbocycles. The normalized spacial score (nSPS) is 18.3. The zero-order valence-electron chi connectivity index (χ0n) is 10.6. The third-order valence-corrected chi connectivity index (χ3v) is 5.03. The summed E-state index contributed by atoms with van der Waals surface area (Å²) in [5, 5.41) is 9.34. The minimum Gasteiger partial charge on any atom is -0.365 e. The Morgan fingerprint density at radius 1 is 1.21 bits per heavy atom. The Balaban J connectivity index is 1.47. The predicted molar refractivity (Wildman–Crippen MR) is 85.1 cm³/mol. The van der Waals surface area contributed by atoms with E-state index in [4.69, 9.17) is 0 Å². The third kappa shape index (κ3) is 3.39. The second kappa shape index (κ2) is 6.26. The average Bonchev–Trinajstić information content (AvgIpc) is 3.11. The van der Waals surface area contributed by atoms with Gasteiger partial charge in [0.25, 0.3) is 0 Å². The standard InChI is InChI=1S/C15H16N2S2/c1-2-4-13(5-3-1)14-10-17-15(19-14)16-8-6-12-7-9-18-11-12/h1-5,7,9,11,14H,6,8,10H2,(H,16,17). The summed E-state index contributed by atoms with van der Waals surface area (Å²) in [5.41, 5.74) is 2.77. The molecule has 0 saturated heterocycles. The number of thiophene rings is 1. The lowest BCUT2D eigenvalue weighted by molar-refractivity contribution is 0.872. The number of aliphatic imine (C=N–C) groups is 1. The molecule has 2 aromatic rings. The van der Waals surface area contributed by atoms with Crippen LogP contribution in [0.4, 0.5) is 0 Å². The molecule has 1 atom stereocenters. The van der Waals surface area contributed by atoms with Crippen molar-refractivity contribution in [2.45, 2.75) is 11.7 Å². The van der Waals surface area contributed by atoms with Crippen LogP contribution in [-0.4, -0.2) is 18.3 Å². The van der Waals surface area contributed by atoms with Crippen LogP contribution < -0.4 is 5.32 Å². The molecule has 0 radical (unpaired) electrons. The number of hydrogen-bond donors (Lipinski definition) is 1. The van der Waals surface area contributed by atoms with E-state index in [1.807, 2.05) is 11.8 Å². The van der Waals surface area contributed by atoms with Crippen molar-refractivity contribution in [3.8, 4) is 0 Å². The fourth-order valence-corrected chi connectivity index (χ4v) is 3.81. The van der Waals surface area contributed by atoms with Gasteiger partial charge in [-0.25, -0.2) is 0 Å². The highest BCUT2D eigenvalue weighted by atomic mass is 32.2. The van der Waals surface area contributed by atoms with E-state index in [0.717, 1.165) is 24.7 Å². The Bertz CT molecular complexity index is 535. The van der Waals surface area contributed by atoms with Gasteiger partial charge >= 0.3 is 0 Å². The van der Waals surface area contributed by atoms with Crippen LogP contribution in [0.1, 0.15) is 16.4 Å². The molecule has 2 heterocycles. The second-order valence-corrected chi connectivity index (χ2v) is 6.44. The number of rotatable bonds is 4. The summed E-state index contributed by atoms with van der Waals surface area (Å²) in [6, 6.07) is 12.8. The van der Waals surface area contributed by atoms with Gasteiger partial charge in [0, 0.05) is 6.54 Å². The molecule has 0 amide bonds. The van der Waals surface area contributed by atoms with Crippen molar-refractivity contribution in [1.82, 2.24) is 5.32 Å². The van der Waals surface area contributed by atoms with Gasteiger partial charge in [-0.3, -0.25) is 4.99 Å². The first-order valence-corrected chi connectivity index (χ1v) is 8.25. The van der Waals surface area contributed by atoms with E-state index < -0.39 is 0 Å². The summed E-state index contributed by atoms with van der Waals surface area (Å²) in [5.74, 6) is 0. The van der Waals surface area contributed by atoms with Gasteiger partial charge in [-0.05, 0) is 34.4 Å². The molecule has 4 heteroatoms. The van der Waals surface area contributed by atoms with Crippen molar-refractivity contribution in [1.29, 1.82) is 0 Å². The Kier molecular flexibility index (Phi) is 4.20. The van der Waals surface area contributed by atoms with Gasteiger partial charge in [-0.15, -0.1) is 0 Å². The van der Waals surface area contributed by atoms with Crippen LogP contribution in [0.3, 0.4) is 0 Å². The van der Waals surface area contributed by atoms with Gasteiger partial charge in [0.1, 0.15) is 0 Å². The molecule has 1 N–H and O–H groups in total. The summed E-state index contributed by atoms with van der Waals surface area (Å²) in [6.07, 6.45) is 1.07. The lowest BCUT2D eigenvalue weighted by Gasteiger charge is -2.09. The summed E-state index contributed by atoms with van der Waals surface area (Å²) >= 11 is 3.60. The highest BCUT2D eigenvalue weighted by molar-refractivity contribution is 8.14. The molecular weight excluding hydrogens is 272 g/mol. The topological polar surface area (TPSA) is 24.4 Å². The number of hydrogen-bond acceptors (Lipinski definition) is 4. The predicted octanol–water partition coefficient (Wildman–Crippen LogP) is 3.72. The van der Waals surface area contributed by atoms with Crippen LogP contribution >= 0.6 is 23.1 Å². The minimum atomic E-state index is 0.477. The van der Waals surface area contributed by atoms with Crippen molar-refractivity contribution >= 4 is 28.3 Å². The molecule has 0 spiro atoms. The van der Waals surface area contributed by atoms with E-state index in [-0.39, 0.29) is 0 Å². The van der Waals surface area contributed by atoms with Crippen LogP contribution in [0.15, 0.2) is 52.2 Å². The summed E-state index contributed by atoms with van der Waals surface area (Å²) in [7, 11) is 0. The molecule has 1 aliphatic heterocycles. The Morgan fingerprint density at radius 3 is 2.89 bits per heavy atom. The van der Waals surface area contributed by atoms with E-state index in [0.29, 0.717) is 5.25 Å². The molecule has 3 rings (SSSR count). The monoisotopic (exact) mass is 288 g/mol.